The van der Waals surface area contributed by atoms with Gasteiger partial charge in [-0.25, -0.2) is 9.78 Å². The van der Waals surface area contributed by atoms with Gasteiger partial charge < -0.3 is 4.74 Å². The molecular formula is C14H17N3O2. The highest BCUT2D eigenvalue weighted by Gasteiger charge is 2.28. The van der Waals surface area contributed by atoms with Crippen LogP contribution >= 0.6 is 0 Å². The van der Waals surface area contributed by atoms with E-state index in [1.807, 2.05) is 44.2 Å². The van der Waals surface area contributed by atoms with E-state index in [1.54, 1.807) is 6.92 Å². The standard InChI is InChI=1S/C14H17N3O2/c1-4-19-12(18)11-15-13(17-16-11)14(2,3)10-8-6-5-7-9-10/h5-9H,4H2,1-3H3,(H,15,16,17). The molecule has 0 saturated carbocycles. The number of H-pyrrole nitrogens is 1. The Hall–Kier alpha value is -2.17. The lowest BCUT2D eigenvalue weighted by atomic mass is 9.84. The zero-order valence-corrected chi connectivity index (χ0v) is 11.3. The zero-order chi connectivity index (χ0) is 13.9. The molecule has 0 spiro atoms. The van der Waals surface area contributed by atoms with Crippen LogP contribution in [0.4, 0.5) is 0 Å². The molecule has 0 fully saturated rings. The van der Waals surface area contributed by atoms with Crippen LogP contribution in [0.25, 0.3) is 0 Å². The molecule has 0 radical (unpaired) electrons. The molecule has 0 aliphatic rings. The van der Waals surface area contributed by atoms with Crippen LogP contribution in [0, 0.1) is 0 Å². The maximum Gasteiger partial charge on any atom is 0.378 e. The minimum absolute atomic E-state index is 0.0702. The van der Waals surface area contributed by atoms with E-state index in [9.17, 15) is 4.79 Å². The van der Waals surface area contributed by atoms with Gasteiger partial charge in [0.1, 0.15) is 5.82 Å². The van der Waals surface area contributed by atoms with Gasteiger partial charge in [-0.2, -0.15) is 0 Å². The smallest absolute Gasteiger partial charge is 0.378 e. The van der Waals surface area contributed by atoms with E-state index >= 15 is 0 Å². The van der Waals surface area contributed by atoms with Crippen molar-refractivity contribution in [1.82, 2.24) is 15.2 Å². The molecule has 2 aromatic rings. The Balaban J connectivity index is 2.29. The van der Waals surface area contributed by atoms with Crippen LogP contribution in [-0.2, 0) is 10.2 Å². The zero-order valence-electron chi connectivity index (χ0n) is 11.3. The minimum atomic E-state index is -0.506. The SMILES string of the molecule is CCOC(=O)c1n[nH]c(C(C)(C)c2ccccc2)n1. The summed E-state index contributed by atoms with van der Waals surface area (Å²) in [6, 6.07) is 9.95. The lowest BCUT2D eigenvalue weighted by Gasteiger charge is -2.21. The van der Waals surface area contributed by atoms with E-state index < -0.39 is 5.97 Å². The van der Waals surface area contributed by atoms with Crippen molar-refractivity contribution in [2.45, 2.75) is 26.2 Å². The summed E-state index contributed by atoms with van der Waals surface area (Å²) in [7, 11) is 0. The maximum atomic E-state index is 11.6. The number of hydrogen-bond acceptors (Lipinski definition) is 4. The van der Waals surface area contributed by atoms with E-state index in [2.05, 4.69) is 15.2 Å². The number of aromatic nitrogens is 3. The van der Waals surface area contributed by atoms with Crippen LogP contribution in [0.5, 0.6) is 0 Å². The Kier molecular flexibility index (Phi) is 3.64. The van der Waals surface area contributed by atoms with Crippen molar-refractivity contribution in [2.75, 3.05) is 6.61 Å². The van der Waals surface area contributed by atoms with Crippen molar-refractivity contribution in [3.05, 3.63) is 47.5 Å². The molecule has 0 bridgehead atoms. The second kappa shape index (κ2) is 5.22. The molecule has 0 aliphatic heterocycles. The van der Waals surface area contributed by atoms with Crippen LogP contribution in [0.3, 0.4) is 0 Å². The molecule has 0 unspecified atom stereocenters. The highest BCUT2D eigenvalue weighted by atomic mass is 16.5. The van der Waals surface area contributed by atoms with Crippen molar-refractivity contribution in [1.29, 1.82) is 0 Å². The quantitative estimate of drug-likeness (QED) is 0.855. The van der Waals surface area contributed by atoms with Crippen LogP contribution < -0.4 is 0 Å². The number of rotatable bonds is 4. The highest BCUT2D eigenvalue weighted by Crippen LogP contribution is 2.28. The van der Waals surface area contributed by atoms with Crippen molar-refractivity contribution < 1.29 is 9.53 Å². The van der Waals surface area contributed by atoms with Gasteiger partial charge in [0, 0.05) is 5.41 Å². The predicted molar refractivity (Wildman–Crippen MR) is 70.9 cm³/mol. The summed E-state index contributed by atoms with van der Waals surface area (Å²) in [6.45, 7) is 6.11. The van der Waals surface area contributed by atoms with Crippen LogP contribution in [0.15, 0.2) is 30.3 Å². The van der Waals surface area contributed by atoms with Crippen molar-refractivity contribution in [2.24, 2.45) is 0 Å². The molecular weight excluding hydrogens is 242 g/mol. The molecule has 5 nitrogen and oxygen atoms in total. The van der Waals surface area contributed by atoms with Gasteiger partial charge in [-0.3, -0.25) is 5.10 Å². The van der Waals surface area contributed by atoms with Gasteiger partial charge in [-0.1, -0.05) is 30.3 Å². The lowest BCUT2D eigenvalue weighted by Crippen LogP contribution is -2.21. The van der Waals surface area contributed by atoms with Gasteiger partial charge >= 0.3 is 5.97 Å². The van der Waals surface area contributed by atoms with E-state index in [-0.39, 0.29) is 11.2 Å². The number of benzene rings is 1. The molecule has 19 heavy (non-hydrogen) atoms. The number of esters is 1. The predicted octanol–water partition coefficient (Wildman–Crippen LogP) is 2.31. The van der Waals surface area contributed by atoms with Crippen LogP contribution in [0.2, 0.25) is 0 Å². The first kappa shape index (κ1) is 13.3. The molecule has 1 N–H and O–H groups in total. The molecule has 1 aromatic heterocycles. The Morgan fingerprint density at radius 1 is 1.32 bits per heavy atom. The molecule has 1 heterocycles. The molecule has 0 amide bonds. The van der Waals surface area contributed by atoms with Crippen molar-refractivity contribution >= 4 is 5.97 Å². The first-order valence-electron chi connectivity index (χ1n) is 6.21. The lowest BCUT2D eigenvalue weighted by molar-refractivity contribution is 0.0512. The monoisotopic (exact) mass is 259 g/mol. The van der Waals surface area contributed by atoms with Gasteiger partial charge in [0.15, 0.2) is 0 Å². The number of carbonyl (C=O) groups is 1. The molecule has 2 rings (SSSR count). The topological polar surface area (TPSA) is 67.9 Å². The summed E-state index contributed by atoms with van der Waals surface area (Å²) >= 11 is 0. The average Bonchev–Trinajstić information content (AvgIpc) is 2.90. The maximum absolute atomic E-state index is 11.6. The Bertz CT molecular complexity index is 561. The van der Waals surface area contributed by atoms with E-state index in [0.717, 1.165) is 5.56 Å². The molecule has 5 heteroatoms. The fourth-order valence-electron chi connectivity index (χ4n) is 1.82. The highest BCUT2D eigenvalue weighted by molar-refractivity contribution is 5.85. The number of aromatic amines is 1. The first-order chi connectivity index (χ1) is 9.05. The van der Waals surface area contributed by atoms with Crippen molar-refractivity contribution in [3.63, 3.8) is 0 Å². The Morgan fingerprint density at radius 2 is 2.00 bits per heavy atom. The normalized spacial score (nSPS) is 11.3. The van der Waals surface area contributed by atoms with Gasteiger partial charge in [0.25, 0.3) is 5.82 Å². The number of ether oxygens (including phenoxy) is 1. The molecule has 0 aliphatic carbocycles. The van der Waals surface area contributed by atoms with Gasteiger partial charge in [-0.15, -0.1) is 5.10 Å². The summed E-state index contributed by atoms with van der Waals surface area (Å²) in [4.78, 5) is 15.8. The van der Waals surface area contributed by atoms with Gasteiger partial charge in [-0.05, 0) is 26.3 Å². The Morgan fingerprint density at radius 3 is 2.63 bits per heavy atom. The fraction of sp³-hybridized carbons (Fsp3) is 0.357. The van der Waals surface area contributed by atoms with Crippen molar-refractivity contribution in [3.8, 4) is 0 Å². The Labute approximate surface area is 112 Å². The molecule has 1 aromatic carbocycles. The van der Waals surface area contributed by atoms with Crippen LogP contribution in [-0.4, -0.2) is 27.8 Å². The third kappa shape index (κ3) is 2.65. The fourth-order valence-corrected chi connectivity index (χ4v) is 1.82. The third-order valence-electron chi connectivity index (χ3n) is 3.03. The van der Waals surface area contributed by atoms with E-state index in [4.69, 9.17) is 4.74 Å². The van der Waals surface area contributed by atoms with E-state index in [1.165, 1.54) is 0 Å². The molecule has 0 saturated heterocycles. The summed E-state index contributed by atoms with van der Waals surface area (Å²) < 4.78 is 4.88. The second-order valence-electron chi connectivity index (χ2n) is 4.72. The van der Waals surface area contributed by atoms with E-state index in [0.29, 0.717) is 12.4 Å². The number of hydrogen-bond donors (Lipinski definition) is 1. The average molecular weight is 259 g/mol. The summed E-state index contributed by atoms with van der Waals surface area (Å²) in [6.07, 6.45) is 0. The summed E-state index contributed by atoms with van der Waals surface area (Å²) in [5.41, 5.74) is 0.750. The summed E-state index contributed by atoms with van der Waals surface area (Å²) in [5, 5.41) is 6.74. The minimum Gasteiger partial charge on any atom is -0.460 e. The number of nitrogens with zero attached hydrogens (tertiary/aromatic N) is 2. The summed E-state index contributed by atoms with van der Waals surface area (Å²) in [5.74, 6) is 0.205. The third-order valence-corrected chi connectivity index (χ3v) is 3.03. The van der Waals surface area contributed by atoms with Gasteiger partial charge in [0.2, 0.25) is 0 Å². The number of nitrogens with one attached hydrogen (secondary N) is 1. The van der Waals surface area contributed by atoms with Gasteiger partial charge in [0.05, 0.1) is 6.61 Å². The van der Waals surface area contributed by atoms with Crippen LogP contribution in [0.1, 0.15) is 42.8 Å². The number of carbonyl (C=O) groups excluding carboxylic acids is 1. The second-order valence-corrected chi connectivity index (χ2v) is 4.72. The first-order valence-corrected chi connectivity index (χ1v) is 6.21. The molecule has 100 valence electrons. The molecule has 0 atom stereocenters. The largest absolute Gasteiger partial charge is 0.460 e.